The highest BCUT2D eigenvalue weighted by atomic mass is 16.4. The van der Waals surface area contributed by atoms with Crippen LogP contribution in [0.5, 0.6) is 0 Å². The van der Waals surface area contributed by atoms with Gasteiger partial charge in [-0.1, -0.05) is 20.8 Å². The number of nitrogens with one attached hydrogen (secondary N) is 1. The molecule has 1 rings (SSSR count). The first kappa shape index (κ1) is 16.4. The van der Waals surface area contributed by atoms with Crippen molar-refractivity contribution in [3.63, 3.8) is 0 Å². The Hall–Kier alpha value is -0.610. The lowest BCUT2D eigenvalue weighted by atomic mass is 9.90. The smallest absolute Gasteiger partial charge is 0.323 e. The number of rotatable bonds is 8. The Bertz CT molecular complexity index is 288. The summed E-state index contributed by atoms with van der Waals surface area (Å²) in [5, 5.41) is 12.4. The quantitative estimate of drug-likeness (QED) is 0.711. The zero-order valence-corrected chi connectivity index (χ0v) is 12.9. The Morgan fingerprint density at radius 1 is 1.53 bits per heavy atom. The van der Waals surface area contributed by atoms with Gasteiger partial charge in [0.25, 0.3) is 0 Å². The van der Waals surface area contributed by atoms with E-state index < -0.39 is 11.5 Å². The zero-order chi connectivity index (χ0) is 14.5. The largest absolute Gasteiger partial charge is 0.480 e. The second kappa shape index (κ2) is 7.25. The summed E-state index contributed by atoms with van der Waals surface area (Å²) in [4.78, 5) is 14.0. The van der Waals surface area contributed by atoms with Gasteiger partial charge in [-0.05, 0) is 58.2 Å². The van der Waals surface area contributed by atoms with Crippen LogP contribution in [0.4, 0.5) is 0 Å². The van der Waals surface area contributed by atoms with Gasteiger partial charge in [0.15, 0.2) is 0 Å². The molecule has 2 atom stereocenters. The highest BCUT2D eigenvalue weighted by molar-refractivity contribution is 5.78. The fraction of sp³-hybridized carbons (Fsp3) is 0.933. The van der Waals surface area contributed by atoms with Crippen LogP contribution in [0.25, 0.3) is 0 Å². The summed E-state index contributed by atoms with van der Waals surface area (Å²) < 4.78 is 0. The molecule has 4 heteroatoms. The van der Waals surface area contributed by atoms with E-state index in [2.05, 4.69) is 24.1 Å². The van der Waals surface area contributed by atoms with Crippen molar-refractivity contribution >= 4 is 5.97 Å². The number of aliphatic carboxylic acids is 1. The average molecular weight is 270 g/mol. The Morgan fingerprint density at radius 2 is 2.21 bits per heavy atom. The zero-order valence-electron chi connectivity index (χ0n) is 12.9. The Labute approximate surface area is 117 Å². The van der Waals surface area contributed by atoms with Gasteiger partial charge in [-0.25, -0.2) is 0 Å². The van der Waals surface area contributed by atoms with Crippen LogP contribution in [0.2, 0.25) is 0 Å². The molecule has 2 N–H and O–H groups in total. The fourth-order valence-electron chi connectivity index (χ4n) is 3.31. The van der Waals surface area contributed by atoms with Crippen molar-refractivity contribution in [2.75, 3.05) is 20.1 Å². The van der Waals surface area contributed by atoms with Gasteiger partial charge in [-0.15, -0.1) is 0 Å². The third kappa shape index (κ3) is 3.93. The van der Waals surface area contributed by atoms with Gasteiger partial charge in [0.2, 0.25) is 0 Å². The first-order valence-corrected chi connectivity index (χ1v) is 7.63. The van der Waals surface area contributed by atoms with Gasteiger partial charge in [0, 0.05) is 6.04 Å². The second-order valence-corrected chi connectivity index (χ2v) is 6.08. The monoisotopic (exact) mass is 270 g/mol. The molecular formula is C15H30N2O2. The van der Waals surface area contributed by atoms with Crippen LogP contribution in [0.1, 0.15) is 52.9 Å². The second-order valence-electron chi connectivity index (χ2n) is 6.08. The average Bonchev–Trinajstić information content (AvgIpc) is 2.83. The minimum absolute atomic E-state index is 0.631. The van der Waals surface area contributed by atoms with E-state index in [-0.39, 0.29) is 0 Å². The Kier molecular flexibility index (Phi) is 6.27. The molecule has 0 saturated carbocycles. The van der Waals surface area contributed by atoms with Crippen LogP contribution >= 0.6 is 0 Å². The molecule has 0 aromatic rings. The number of carboxylic acids is 1. The first-order chi connectivity index (χ1) is 8.96. The van der Waals surface area contributed by atoms with Gasteiger partial charge in [-0.2, -0.15) is 0 Å². The summed E-state index contributed by atoms with van der Waals surface area (Å²) in [5.41, 5.74) is -0.743. The van der Waals surface area contributed by atoms with Crippen LogP contribution in [0.15, 0.2) is 0 Å². The van der Waals surface area contributed by atoms with Crippen LogP contribution in [0.3, 0.4) is 0 Å². The standard InChI is InChI=1S/C15H30N2O2/c1-5-15(16-4,14(18)19)9-7-11-17-10-6-8-13(17)12(2)3/h12-13,16H,5-11H2,1-4H3,(H,18,19). The third-order valence-corrected chi connectivity index (χ3v) is 4.72. The Morgan fingerprint density at radius 3 is 2.68 bits per heavy atom. The van der Waals surface area contributed by atoms with Crippen LogP contribution < -0.4 is 5.32 Å². The molecular weight excluding hydrogens is 240 g/mol. The molecule has 1 saturated heterocycles. The van der Waals surface area contributed by atoms with Gasteiger partial charge in [-0.3, -0.25) is 4.79 Å². The van der Waals surface area contributed by atoms with Crippen molar-refractivity contribution in [1.82, 2.24) is 10.2 Å². The van der Waals surface area contributed by atoms with E-state index >= 15 is 0 Å². The van der Waals surface area contributed by atoms with Crippen molar-refractivity contribution in [2.45, 2.75) is 64.5 Å². The molecule has 0 aliphatic carbocycles. The molecule has 1 aliphatic heterocycles. The lowest BCUT2D eigenvalue weighted by Crippen LogP contribution is -2.50. The maximum absolute atomic E-state index is 11.4. The molecule has 0 spiro atoms. The lowest BCUT2D eigenvalue weighted by Gasteiger charge is -2.31. The molecule has 1 aliphatic rings. The molecule has 0 aromatic carbocycles. The van der Waals surface area contributed by atoms with Crippen molar-refractivity contribution in [2.24, 2.45) is 5.92 Å². The summed E-state index contributed by atoms with van der Waals surface area (Å²) in [6.45, 7) is 8.71. The molecule has 112 valence electrons. The van der Waals surface area contributed by atoms with Crippen molar-refractivity contribution in [1.29, 1.82) is 0 Å². The number of carboxylic acid groups (broad SMARTS) is 1. The van der Waals surface area contributed by atoms with Crippen LogP contribution in [-0.4, -0.2) is 47.7 Å². The summed E-state index contributed by atoms with van der Waals surface area (Å²) in [6, 6.07) is 0.690. The van der Waals surface area contributed by atoms with E-state index in [9.17, 15) is 9.90 Å². The van der Waals surface area contributed by atoms with Gasteiger partial charge in [0.05, 0.1) is 0 Å². The minimum Gasteiger partial charge on any atom is -0.480 e. The highest BCUT2D eigenvalue weighted by Crippen LogP contribution is 2.25. The van der Waals surface area contributed by atoms with Crippen molar-refractivity contribution in [3.8, 4) is 0 Å². The van der Waals surface area contributed by atoms with E-state index in [0.717, 1.165) is 13.0 Å². The molecule has 0 radical (unpaired) electrons. The molecule has 2 unspecified atom stereocenters. The van der Waals surface area contributed by atoms with E-state index in [0.29, 0.717) is 24.8 Å². The maximum Gasteiger partial charge on any atom is 0.323 e. The SMILES string of the molecule is CCC(CCCN1CCCC1C(C)C)(NC)C(=O)O. The van der Waals surface area contributed by atoms with E-state index in [4.69, 9.17) is 0 Å². The number of likely N-dealkylation sites (N-methyl/N-ethyl adjacent to an activating group) is 1. The van der Waals surface area contributed by atoms with E-state index in [1.165, 1.54) is 19.4 Å². The molecule has 1 heterocycles. The lowest BCUT2D eigenvalue weighted by molar-refractivity contribution is -0.145. The predicted octanol–water partition coefficient (Wildman–Crippen LogP) is 2.34. The summed E-state index contributed by atoms with van der Waals surface area (Å²) in [6.07, 6.45) is 4.86. The van der Waals surface area contributed by atoms with Crippen molar-refractivity contribution in [3.05, 3.63) is 0 Å². The fourth-order valence-corrected chi connectivity index (χ4v) is 3.31. The van der Waals surface area contributed by atoms with Gasteiger partial charge in [0.1, 0.15) is 5.54 Å². The number of likely N-dealkylation sites (tertiary alicyclic amines) is 1. The minimum atomic E-state index is -0.743. The van der Waals surface area contributed by atoms with E-state index in [1.54, 1.807) is 7.05 Å². The molecule has 19 heavy (non-hydrogen) atoms. The highest BCUT2D eigenvalue weighted by Gasteiger charge is 2.35. The number of nitrogens with zero attached hydrogens (tertiary/aromatic N) is 1. The third-order valence-electron chi connectivity index (χ3n) is 4.72. The molecule has 0 aromatic heterocycles. The number of hydrogen-bond acceptors (Lipinski definition) is 3. The van der Waals surface area contributed by atoms with E-state index in [1.807, 2.05) is 6.92 Å². The summed E-state index contributed by atoms with van der Waals surface area (Å²) >= 11 is 0. The summed E-state index contributed by atoms with van der Waals surface area (Å²) in [7, 11) is 1.75. The first-order valence-electron chi connectivity index (χ1n) is 7.63. The van der Waals surface area contributed by atoms with Gasteiger partial charge < -0.3 is 15.3 Å². The van der Waals surface area contributed by atoms with Crippen LogP contribution in [-0.2, 0) is 4.79 Å². The predicted molar refractivity (Wildman–Crippen MR) is 78.4 cm³/mol. The summed E-state index contributed by atoms with van der Waals surface area (Å²) in [5.74, 6) is -0.0264. The maximum atomic E-state index is 11.4. The molecule has 4 nitrogen and oxygen atoms in total. The Balaban J connectivity index is 2.46. The molecule has 1 fully saturated rings. The number of carbonyl (C=O) groups is 1. The molecule has 0 bridgehead atoms. The normalized spacial score (nSPS) is 23.7. The topological polar surface area (TPSA) is 52.6 Å². The van der Waals surface area contributed by atoms with Crippen LogP contribution in [0, 0.1) is 5.92 Å². The molecule has 0 amide bonds. The van der Waals surface area contributed by atoms with Crippen molar-refractivity contribution < 1.29 is 9.90 Å². The van der Waals surface area contributed by atoms with Gasteiger partial charge >= 0.3 is 5.97 Å². The number of hydrogen-bond donors (Lipinski definition) is 2.